The number of halogens is 2. The summed E-state index contributed by atoms with van der Waals surface area (Å²) in [5.41, 5.74) is 7.88. The topological polar surface area (TPSA) is 89.4 Å². The number of rotatable bonds is 5. The van der Waals surface area contributed by atoms with Crippen molar-refractivity contribution in [1.82, 2.24) is 10.1 Å². The van der Waals surface area contributed by atoms with E-state index in [0.717, 1.165) is 0 Å². The highest BCUT2D eigenvalue weighted by Crippen LogP contribution is 2.43. The van der Waals surface area contributed by atoms with Crippen molar-refractivity contribution in [3.63, 3.8) is 0 Å². The third-order valence-electron chi connectivity index (χ3n) is 5.40. The lowest BCUT2D eigenvalue weighted by atomic mass is 9.98. The maximum absolute atomic E-state index is 14.5. The fourth-order valence-corrected chi connectivity index (χ4v) is 4.27. The number of aryl methyl sites for hydroxylation is 1. The van der Waals surface area contributed by atoms with Crippen LogP contribution in [0, 0.1) is 12.7 Å². The Hall–Kier alpha value is -3.19. The second-order valence-electron chi connectivity index (χ2n) is 7.28. The lowest BCUT2D eigenvalue weighted by molar-refractivity contribution is -0.123. The molecule has 0 bridgehead atoms. The molecule has 1 aromatic heterocycles. The summed E-state index contributed by atoms with van der Waals surface area (Å²) in [6.07, 6.45) is 2.25. The van der Waals surface area contributed by atoms with E-state index in [0.29, 0.717) is 35.1 Å². The zero-order chi connectivity index (χ0) is 21.4. The van der Waals surface area contributed by atoms with Crippen molar-refractivity contribution in [2.24, 2.45) is 5.73 Å². The van der Waals surface area contributed by atoms with Gasteiger partial charge in [-0.3, -0.25) is 9.59 Å². The van der Waals surface area contributed by atoms with Crippen LogP contribution < -0.4 is 5.73 Å². The van der Waals surface area contributed by atoms with Crippen molar-refractivity contribution >= 4 is 23.4 Å². The SMILES string of the molecule is Cc1cnoc1C(=O)N([C@@H]1CCc2c(F)cc(Cl)cc21)[C@@H](C(N)=O)c1ccccc1. The highest BCUT2D eigenvalue weighted by atomic mass is 35.5. The van der Waals surface area contributed by atoms with Crippen molar-refractivity contribution in [3.8, 4) is 0 Å². The minimum atomic E-state index is -1.08. The number of primary amides is 1. The van der Waals surface area contributed by atoms with Crippen molar-refractivity contribution in [1.29, 1.82) is 0 Å². The summed E-state index contributed by atoms with van der Waals surface area (Å²) < 4.78 is 19.7. The first-order valence-electron chi connectivity index (χ1n) is 9.44. The molecule has 154 valence electrons. The summed E-state index contributed by atoms with van der Waals surface area (Å²) in [7, 11) is 0. The van der Waals surface area contributed by atoms with Gasteiger partial charge in [-0.1, -0.05) is 47.1 Å². The zero-order valence-corrected chi connectivity index (χ0v) is 16.9. The van der Waals surface area contributed by atoms with Crippen molar-refractivity contribution < 1.29 is 18.5 Å². The molecule has 8 heteroatoms. The van der Waals surface area contributed by atoms with E-state index < -0.39 is 29.7 Å². The highest BCUT2D eigenvalue weighted by Gasteiger charge is 2.41. The molecule has 1 aliphatic rings. The van der Waals surface area contributed by atoms with E-state index in [4.69, 9.17) is 21.9 Å². The van der Waals surface area contributed by atoms with Gasteiger partial charge in [0, 0.05) is 10.6 Å². The molecule has 4 rings (SSSR count). The largest absolute Gasteiger partial charge is 0.368 e. The van der Waals surface area contributed by atoms with Crippen molar-refractivity contribution in [2.45, 2.75) is 31.8 Å². The molecule has 2 amide bonds. The number of carbonyl (C=O) groups is 2. The summed E-state index contributed by atoms with van der Waals surface area (Å²) in [4.78, 5) is 27.5. The van der Waals surface area contributed by atoms with Crippen molar-refractivity contribution in [3.05, 3.63) is 87.5 Å². The highest BCUT2D eigenvalue weighted by molar-refractivity contribution is 6.30. The van der Waals surface area contributed by atoms with E-state index in [1.54, 1.807) is 43.3 Å². The van der Waals surface area contributed by atoms with Crippen LogP contribution in [0.3, 0.4) is 0 Å². The third kappa shape index (κ3) is 3.45. The number of benzene rings is 2. The van der Waals surface area contributed by atoms with Gasteiger partial charge < -0.3 is 15.2 Å². The first kappa shape index (κ1) is 20.1. The third-order valence-corrected chi connectivity index (χ3v) is 5.62. The van der Waals surface area contributed by atoms with Gasteiger partial charge in [-0.15, -0.1) is 0 Å². The molecule has 0 radical (unpaired) electrons. The van der Waals surface area contributed by atoms with Crippen LogP contribution in [0.4, 0.5) is 4.39 Å². The zero-order valence-electron chi connectivity index (χ0n) is 16.1. The van der Waals surface area contributed by atoms with Gasteiger partial charge in [0.2, 0.25) is 11.7 Å². The van der Waals surface area contributed by atoms with Gasteiger partial charge in [0.25, 0.3) is 5.91 Å². The summed E-state index contributed by atoms with van der Waals surface area (Å²) in [5.74, 6) is -1.68. The Morgan fingerprint density at radius 1 is 1.30 bits per heavy atom. The Morgan fingerprint density at radius 3 is 2.67 bits per heavy atom. The van der Waals surface area contributed by atoms with Gasteiger partial charge in [0.05, 0.1) is 12.2 Å². The van der Waals surface area contributed by atoms with E-state index in [9.17, 15) is 14.0 Å². The van der Waals surface area contributed by atoms with Gasteiger partial charge in [-0.2, -0.15) is 0 Å². The van der Waals surface area contributed by atoms with Crippen LogP contribution in [0.1, 0.15) is 51.3 Å². The fourth-order valence-electron chi connectivity index (χ4n) is 4.06. The van der Waals surface area contributed by atoms with Crippen LogP contribution in [-0.2, 0) is 11.2 Å². The first-order chi connectivity index (χ1) is 14.4. The van der Waals surface area contributed by atoms with Crippen molar-refractivity contribution in [2.75, 3.05) is 0 Å². The van der Waals surface area contributed by atoms with Crippen LogP contribution in [0.2, 0.25) is 5.02 Å². The molecule has 1 aliphatic carbocycles. The molecule has 2 N–H and O–H groups in total. The van der Waals surface area contributed by atoms with E-state index >= 15 is 0 Å². The van der Waals surface area contributed by atoms with E-state index in [1.165, 1.54) is 17.2 Å². The quantitative estimate of drug-likeness (QED) is 0.662. The fraction of sp³-hybridized carbons (Fsp3) is 0.227. The molecule has 0 unspecified atom stereocenters. The molecule has 0 fully saturated rings. The van der Waals surface area contributed by atoms with Crippen LogP contribution in [-0.4, -0.2) is 21.9 Å². The predicted molar refractivity (Wildman–Crippen MR) is 108 cm³/mol. The van der Waals surface area contributed by atoms with Gasteiger partial charge in [-0.05, 0) is 48.6 Å². The van der Waals surface area contributed by atoms with Gasteiger partial charge in [0.15, 0.2) is 0 Å². The second kappa shape index (κ2) is 7.91. The van der Waals surface area contributed by atoms with E-state index in [-0.39, 0.29) is 10.8 Å². The first-order valence-corrected chi connectivity index (χ1v) is 9.82. The van der Waals surface area contributed by atoms with Gasteiger partial charge >= 0.3 is 0 Å². The lowest BCUT2D eigenvalue weighted by Crippen LogP contribution is -2.43. The molecule has 2 atom stereocenters. The standard InChI is InChI=1S/C22H19ClFN3O3/c1-12-11-26-30-20(12)22(29)27(19(21(25)28)13-5-3-2-4-6-13)18-8-7-15-16(18)9-14(23)10-17(15)24/h2-6,9-11,18-19H,7-8H2,1H3,(H2,25,28)/t18-,19-/m1/s1. The minimum absolute atomic E-state index is 0.00753. The number of aromatic nitrogens is 1. The Labute approximate surface area is 177 Å². The van der Waals surface area contributed by atoms with E-state index in [2.05, 4.69) is 5.16 Å². The molecule has 3 aromatic rings. The second-order valence-corrected chi connectivity index (χ2v) is 7.71. The molecule has 30 heavy (non-hydrogen) atoms. The Morgan fingerprint density at radius 2 is 2.03 bits per heavy atom. The maximum atomic E-state index is 14.5. The summed E-state index contributed by atoms with van der Waals surface area (Å²) in [5, 5.41) is 3.90. The number of fused-ring (bicyclic) bond motifs is 1. The summed E-state index contributed by atoms with van der Waals surface area (Å²) >= 11 is 6.10. The Balaban J connectivity index is 1.89. The number of hydrogen-bond donors (Lipinski definition) is 1. The molecule has 2 aromatic carbocycles. The van der Waals surface area contributed by atoms with Gasteiger partial charge in [0.1, 0.15) is 11.9 Å². The molecule has 0 saturated heterocycles. The Bertz CT molecular complexity index is 1120. The smallest absolute Gasteiger partial charge is 0.294 e. The minimum Gasteiger partial charge on any atom is -0.368 e. The van der Waals surface area contributed by atoms with Crippen LogP contribution in [0.5, 0.6) is 0 Å². The number of amides is 2. The molecule has 0 aliphatic heterocycles. The summed E-state index contributed by atoms with van der Waals surface area (Å²) in [6, 6.07) is 9.94. The van der Waals surface area contributed by atoms with Crippen LogP contribution in [0.15, 0.2) is 53.2 Å². The average Bonchev–Trinajstić information content (AvgIpc) is 3.32. The number of hydrogen-bond acceptors (Lipinski definition) is 4. The molecular formula is C22H19ClFN3O3. The van der Waals surface area contributed by atoms with Crippen LogP contribution in [0.25, 0.3) is 0 Å². The van der Waals surface area contributed by atoms with E-state index in [1.807, 2.05) is 0 Å². The molecule has 0 saturated carbocycles. The number of nitrogens with zero attached hydrogens (tertiary/aromatic N) is 2. The van der Waals surface area contributed by atoms with Crippen LogP contribution >= 0.6 is 11.6 Å². The maximum Gasteiger partial charge on any atom is 0.294 e. The van der Waals surface area contributed by atoms with Gasteiger partial charge in [-0.25, -0.2) is 4.39 Å². The number of carbonyl (C=O) groups excluding carboxylic acids is 2. The number of nitrogens with two attached hydrogens (primary N) is 1. The molecule has 1 heterocycles. The molecule has 6 nitrogen and oxygen atoms in total. The Kier molecular flexibility index (Phi) is 5.30. The monoisotopic (exact) mass is 427 g/mol. The molecule has 0 spiro atoms. The average molecular weight is 428 g/mol. The predicted octanol–water partition coefficient (Wildman–Crippen LogP) is 4.13. The summed E-state index contributed by atoms with van der Waals surface area (Å²) in [6.45, 7) is 1.68. The molecular weight excluding hydrogens is 409 g/mol. The lowest BCUT2D eigenvalue weighted by Gasteiger charge is -2.35. The normalized spacial score (nSPS) is 16.2.